The highest BCUT2D eigenvalue weighted by Crippen LogP contribution is 2.35. The highest BCUT2D eigenvalue weighted by atomic mass is 35.5. The van der Waals surface area contributed by atoms with Crippen molar-refractivity contribution in [1.82, 2.24) is 8.87 Å². The zero-order valence-electron chi connectivity index (χ0n) is 12.3. The summed E-state index contributed by atoms with van der Waals surface area (Å²) in [5.41, 5.74) is 0.930. The molecule has 0 fully saturated rings. The smallest absolute Gasteiger partial charge is 0.328 e. The number of aromatic nitrogens is 1. The van der Waals surface area contributed by atoms with Crippen LogP contribution in [0.5, 0.6) is 0 Å². The van der Waals surface area contributed by atoms with Crippen LogP contribution in [-0.4, -0.2) is 34.9 Å². The van der Waals surface area contributed by atoms with Crippen LogP contribution in [0.25, 0.3) is 0 Å². The number of aryl methyl sites for hydroxylation is 1. The SMILES string of the molecule is Cc1cccc(Cl)c1S(=O)(=O)N1CCn2cccc2C1C(=O)O. The Kier molecular flexibility index (Phi) is 3.95. The van der Waals surface area contributed by atoms with Gasteiger partial charge in [0.2, 0.25) is 10.0 Å². The largest absolute Gasteiger partial charge is 0.480 e. The van der Waals surface area contributed by atoms with Gasteiger partial charge in [-0.15, -0.1) is 0 Å². The molecular formula is C15H15ClN2O4S. The molecule has 3 rings (SSSR count). The van der Waals surface area contributed by atoms with Crippen molar-refractivity contribution in [2.45, 2.75) is 24.4 Å². The fraction of sp³-hybridized carbons (Fsp3) is 0.267. The van der Waals surface area contributed by atoms with Crippen LogP contribution in [0.3, 0.4) is 0 Å². The standard InChI is InChI=1S/C15H15ClN2O4S/c1-10-4-2-5-11(16)14(10)23(21,22)18-9-8-17-7-3-6-12(17)13(18)15(19)20/h2-7,13H,8-9H2,1H3,(H,19,20). The number of aliphatic carboxylic acids is 1. The van der Waals surface area contributed by atoms with E-state index in [2.05, 4.69) is 0 Å². The third kappa shape index (κ3) is 2.54. The van der Waals surface area contributed by atoms with Crippen LogP contribution in [-0.2, 0) is 21.4 Å². The second-order valence-electron chi connectivity index (χ2n) is 5.37. The zero-order chi connectivity index (χ0) is 16.8. The molecule has 1 aliphatic rings. The average molecular weight is 355 g/mol. The second kappa shape index (κ2) is 5.67. The maximum Gasteiger partial charge on any atom is 0.328 e. The minimum Gasteiger partial charge on any atom is -0.480 e. The monoisotopic (exact) mass is 354 g/mol. The van der Waals surface area contributed by atoms with E-state index in [9.17, 15) is 18.3 Å². The van der Waals surface area contributed by atoms with Crippen molar-refractivity contribution in [1.29, 1.82) is 0 Å². The average Bonchev–Trinajstić information content (AvgIpc) is 2.93. The Morgan fingerprint density at radius 3 is 2.65 bits per heavy atom. The highest BCUT2D eigenvalue weighted by Gasteiger charge is 2.42. The Morgan fingerprint density at radius 2 is 2.00 bits per heavy atom. The first kappa shape index (κ1) is 16.0. The molecule has 1 unspecified atom stereocenters. The lowest BCUT2D eigenvalue weighted by Gasteiger charge is -2.33. The number of hydrogen-bond acceptors (Lipinski definition) is 3. The van der Waals surface area contributed by atoms with E-state index in [0.717, 1.165) is 4.31 Å². The van der Waals surface area contributed by atoms with E-state index in [0.29, 0.717) is 17.8 Å². The summed E-state index contributed by atoms with van der Waals surface area (Å²) in [6, 6.07) is 6.86. The van der Waals surface area contributed by atoms with Gasteiger partial charge in [-0.2, -0.15) is 4.31 Å². The molecule has 0 radical (unpaired) electrons. The van der Waals surface area contributed by atoms with Gasteiger partial charge in [0.25, 0.3) is 0 Å². The van der Waals surface area contributed by atoms with E-state index in [4.69, 9.17) is 11.6 Å². The lowest BCUT2D eigenvalue weighted by Crippen LogP contribution is -2.45. The van der Waals surface area contributed by atoms with Gasteiger partial charge < -0.3 is 9.67 Å². The fourth-order valence-corrected chi connectivity index (χ4v) is 5.27. The van der Waals surface area contributed by atoms with E-state index in [1.54, 1.807) is 42.0 Å². The fourth-order valence-electron chi connectivity index (χ4n) is 2.93. The Bertz CT molecular complexity index is 855. The number of nitrogens with zero attached hydrogens (tertiary/aromatic N) is 2. The maximum atomic E-state index is 13.0. The van der Waals surface area contributed by atoms with E-state index in [1.807, 2.05) is 0 Å². The van der Waals surface area contributed by atoms with Gasteiger partial charge in [0.1, 0.15) is 4.90 Å². The third-order valence-corrected chi connectivity index (χ3v) is 6.45. The molecule has 0 bridgehead atoms. The van der Waals surface area contributed by atoms with Gasteiger partial charge in [-0.3, -0.25) is 4.79 Å². The van der Waals surface area contributed by atoms with Crippen molar-refractivity contribution in [2.75, 3.05) is 6.54 Å². The van der Waals surface area contributed by atoms with Crippen molar-refractivity contribution in [3.05, 3.63) is 52.8 Å². The van der Waals surface area contributed by atoms with Gasteiger partial charge in [-0.25, -0.2) is 8.42 Å². The zero-order valence-corrected chi connectivity index (χ0v) is 13.9. The molecule has 23 heavy (non-hydrogen) atoms. The Morgan fingerprint density at radius 1 is 1.26 bits per heavy atom. The summed E-state index contributed by atoms with van der Waals surface area (Å²) in [5, 5.41) is 9.66. The second-order valence-corrected chi connectivity index (χ2v) is 7.60. The number of carboxylic acid groups (broad SMARTS) is 1. The highest BCUT2D eigenvalue weighted by molar-refractivity contribution is 7.89. The first-order chi connectivity index (χ1) is 10.8. The number of hydrogen-bond donors (Lipinski definition) is 1. The van der Waals surface area contributed by atoms with Crippen LogP contribution < -0.4 is 0 Å². The number of benzene rings is 1. The molecular weight excluding hydrogens is 340 g/mol. The first-order valence-corrected chi connectivity index (χ1v) is 8.80. The van der Waals surface area contributed by atoms with E-state index >= 15 is 0 Å². The molecule has 0 saturated carbocycles. The minimum absolute atomic E-state index is 0.0343. The van der Waals surface area contributed by atoms with Gasteiger partial charge in [0.15, 0.2) is 6.04 Å². The third-order valence-electron chi connectivity index (χ3n) is 3.96. The number of carboxylic acids is 1. The van der Waals surface area contributed by atoms with Gasteiger partial charge in [-0.05, 0) is 30.7 Å². The molecule has 2 heterocycles. The van der Waals surface area contributed by atoms with Gasteiger partial charge in [-0.1, -0.05) is 23.7 Å². The normalized spacial score (nSPS) is 18.6. The first-order valence-electron chi connectivity index (χ1n) is 6.99. The molecule has 122 valence electrons. The topological polar surface area (TPSA) is 79.6 Å². The van der Waals surface area contributed by atoms with Crippen LogP contribution in [0.4, 0.5) is 0 Å². The number of rotatable bonds is 3. The molecule has 0 aliphatic carbocycles. The predicted octanol–water partition coefficient (Wildman–Crippen LogP) is 2.28. The molecule has 0 amide bonds. The summed E-state index contributed by atoms with van der Waals surface area (Å²) in [6.45, 7) is 2.11. The molecule has 0 saturated heterocycles. The Labute approximate surface area is 139 Å². The summed E-state index contributed by atoms with van der Waals surface area (Å²) < 4.78 is 28.9. The number of sulfonamides is 1. The van der Waals surface area contributed by atoms with E-state index in [1.165, 1.54) is 6.07 Å². The number of fused-ring (bicyclic) bond motifs is 1. The Balaban J connectivity index is 2.15. The maximum absolute atomic E-state index is 13.0. The van der Waals surface area contributed by atoms with Crippen LogP contribution >= 0.6 is 11.6 Å². The van der Waals surface area contributed by atoms with Crippen LogP contribution in [0, 0.1) is 6.92 Å². The van der Waals surface area contributed by atoms with Crippen molar-refractivity contribution in [3.63, 3.8) is 0 Å². The Hall–Kier alpha value is -1.83. The summed E-state index contributed by atoms with van der Waals surface area (Å²) in [4.78, 5) is 11.7. The molecule has 1 atom stereocenters. The van der Waals surface area contributed by atoms with E-state index in [-0.39, 0.29) is 16.5 Å². The summed E-state index contributed by atoms with van der Waals surface area (Å²) in [5.74, 6) is -1.21. The molecule has 6 nitrogen and oxygen atoms in total. The van der Waals surface area contributed by atoms with Crippen molar-refractivity contribution in [3.8, 4) is 0 Å². The molecule has 0 spiro atoms. The quantitative estimate of drug-likeness (QED) is 0.917. The van der Waals surface area contributed by atoms with Crippen molar-refractivity contribution < 1.29 is 18.3 Å². The predicted molar refractivity (Wildman–Crippen MR) is 84.9 cm³/mol. The van der Waals surface area contributed by atoms with E-state index < -0.39 is 22.0 Å². The van der Waals surface area contributed by atoms with Gasteiger partial charge in [0.05, 0.1) is 5.02 Å². The lowest BCUT2D eigenvalue weighted by molar-refractivity contribution is -0.142. The van der Waals surface area contributed by atoms with Crippen LogP contribution in [0.15, 0.2) is 41.4 Å². The van der Waals surface area contributed by atoms with Crippen molar-refractivity contribution in [2.24, 2.45) is 0 Å². The minimum atomic E-state index is -4.03. The molecule has 1 aliphatic heterocycles. The number of halogens is 1. The van der Waals surface area contributed by atoms with Gasteiger partial charge >= 0.3 is 5.97 Å². The molecule has 2 aromatic rings. The summed E-state index contributed by atoms with van der Waals surface area (Å²) in [6.07, 6.45) is 1.75. The molecule has 1 N–H and O–H groups in total. The molecule has 1 aromatic carbocycles. The van der Waals surface area contributed by atoms with Crippen LogP contribution in [0.2, 0.25) is 5.02 Å². The molecule has 8 heteroatoms. The number of carbonyl (C=O) groups is 1. The van der Waals surface area contributed by atoms with Gasteiger partial charge in [0, 0.05) is 25.0 Å². The lowest BCUT2D eigenvalue weighted by atomic mass is 10.2. The molecule has 1 aromatic heterocycles. The summed E-state index contributed by atoms with van der Waals surface area (Å²) >= 11 is 6.08. The van der Waals surface area contributed by atoms with Crippen LogP contribution in [0.1, 0.15) is 17.3 Å². The summed E-state index contributed by atoms with van der Waals surface area (Å²) in [7, 11) is -4.03. The van der Waals surface area contributed by atoms with Crippen molar-refractivity contribution >= 4 is 27.6 Å².